The highest BCUT2D eigenvalue weighted by Gasteiger charge is 2.29. The summed E-state index contributed by atoms with van der Waals surface area (Å²) in [5.74, 6) is -0.180. The van der Waals surface area contributed by atoms with Crippen LogP contribution in [-0.2, 0) is 17.9 Å². The Hall–Kier alpha value is -3.28. The van der Waals surface area contributed by atoms with Gasteiger partial charge in [0, 0.05) is 36.7 Å². The van der Waals surface area contributed by atoms with Crippen LogP contribution in [0.15, 0.2) is 42.5 Å². The molecule has 4 rings (SSSR count). The number of aromatic nitrogens is 1. The molecule has 1 aliphatic heterocycles. The summed E-state index contributed by atoms with van der Waals surface area (Å²) in [6.45, 7) is 5.14. The molecule has 0 spiro atoms. The van der Waals surface area contributed by atoms with E-state index in [9.17, 15) is 9.59 Å². The normalized spacial score (nSPS) is 13.8. The molecule has 6 heteroatoms. The van der Waals surface area contributed by atoms with Crippen molar-refractivity contribution in [1.82, 2.24) is 15.2 Å². The summed E-state index contributed by atoms with van der Waals surface area (Å²) in [5.41, 5.74) is 6.36. The topological polar surface area (TPSA) is 68.4 Å². The van der Waals surface area contributed by atoms with Crippen LogP contribution in [0.1, 0.15) is 22.4 Å². The van der Waals surface area contributed by atoms with Crippen molar-refractivity contribution in [3.05, 3.63) is 64.8 Å². The number of rotatable bonds is 4. The first-order valence-electron chi connectivity index (χ1n) is 9.39. The molecule has 3 aromatic rings. The van der Waals surface area contributed by atoms with Gasteiger partial charge in [-0.05, 0) is 48.7 Å². The smallest absolute Gasteiger partial charge is 0.325 e. The molecule has 0 saturated heterocycles. The third kappa shape index (κ3) is 3.22. The van der Waals surface area contributed by atoms with Gasteiger partial charge in [-0.15, -0.1) is 0 Å². The number of H-pyrrole nitrogens is 1. The molecular weight excluding hydrogens is 352 g/mol. The van der Waals surface area contributed by atoms with Gasteiger partial charge >= 0.3 is 6.03 Å². The second kappa shape index (κ2) is 7.03. The molecule has 28 heavy (non-hydrogen) atoms. The van der Waals surface area contributed by atoms with Crippen LogP contribution in [0.25, 0.3) is 10.9 Å². The minimum atomic E-state index is -0.180. The van der Waals surface area contributed by atoms with Gasteiger partial charge in [0.15, 0.2) is 0 Å². The van der Waals surface area contributed by atoms with Crippen LogP contribution in [0.2, 0.25) is 0 Å². The monoisotopic (exact) mass is 376 g/mol. The van der Waals surface area contributed by atoms with Crippen LogP contribution < -0.4 is 10.2 Å². The van der Waals surface area contributed by atoms with Crippen LogP contribution in [0, 0.1) is 13.8 Å². The molecular formula is C22H24N4O2. The van der Waals surface area contributed by atoms with Crippen molar-refractivity contribution in [3.63, 3.8) is 0 Å². The van der Waals surface area contributed by atoms with Crippen LogP contribution >= 0.6 is 0 Å². The Labute approximate surface area is 164 Å². The van der Waals surface area contributed by atoms with Crippen molar-refractivity contribution in [3.8, 4) is 0 Å². The summed E-state index contributed by atoms with van der Waals surface area (Å²) >= 11 is 0. The number of hydrogen-bond donors (Lipinski definition) is 2. The number of benzene rings is 2. The van der Waals surface area contributed by atoms with Crippen LogP contribution in [0.4, 0.5) is 10.5 Å². The quantitative estimate of drug-likeness (QED) is 0.732. The average Bonchev–Trinajstić information content (AvgIpc) is 2.97. The maximum atomic E-state index is 12.6. The third-order valence-electron chi connectivity index (χ3n) is 5.41. The van der Waals surface area contributed by atoms with Crippen molar-refractivity contribution >= 4 is 28.5 Å². The summed E-state index contributed by atoms with van der Waals surface area (Å²) < 4.78 is 0. The van der Waals surface area contributed by atoms with E-state index in [-0.39, 0.29) is 18.5 Å². The zero-order valence-corrected chi connectivity index (χ0v) is 16.4. The van der Waals surface area contributed by atoms with E-state index in [0.717, 1.165) is 28.0 Å². The van der Waals surface area contributed by atoms with Crippen molar-refractivity contribution in [1.29, 1.82) is 0 Å². The highest BCUT2D eigenvalue weighted by atomic mass is 16.2. The first kappa shape index (κ1) is 18.1. The molecule has 1 aliphatic rings. The molecule has 0 unspecified atom stereocenters. The van der Waals surface area contributed by atoms with Gasteiger partial charge in [0.05, 0.1) is 5.69 Å². The van der Waals surface area contributed by atoms with Gasteiger partial charge in [-0.3, -0.25) is 9.69 Å². The molecule has 1 aromatic heterocycles. The Kier molecular flexibility index (Phi) is 4.55. The second-order valence-corrected chi connectivity index (χ2v) is 7.39. The summed E-state index contributed by atoms with van der Waals surface area (Å²) in [6, 6.07) is 13.7. The molecule has 2 heterocycles. The minimum Gasteiger partial charge on any atom is -0.358 e. The molecule has 0 fully saturated rings. The largest absolute Gasteiger partial charge is 0.358 e. The van der Waals surface area contributed by atoms with Crippen molar-refractivity contribution < 1.29 is 9.59 Å². The van der Waals surface area contributed by atoms with Crippen molar-refractivity contribution in [2.24, 2.45) is 0 Å². The summed E-state index contributed by atoms with van der Waals surface area (Å²) in [7, 11) is 1.75. The van der Waals surface area contributed by atoms with Crippen molar-refractivity contribution in [2.75, 3.05) is 18.5 Å². The van der Waals surface area contributed by atoms with E-state index < -0.39 is 0 Å². The second-order valence-electron chi connectivity index (χ2n) is 7.39. The maximum absolute atomic E-state index is 12.6. The van der Waals surface area contributed by atoms with Crippen LogP contribution in [-0.4, -0.2) is 35.4 Å². The standard InChI is InChI=1S/C22H24N4O2/c1-14-15(2)24-19-9-8-16(10-18(14)19)11-23-21(27)13-26-20-7-5-4-6-17(20)12-25(3)22(26)28/h4-10,24H,11-13H2,1-3H3,(H,23,27). The Morgan fingerprint density at radius 2 is 1.96 bits per heavy atom. The Morgan fingerprint density at radius 1 is 1.18 bits per heavy atom. The van der Waals surface area contributed by atoms with E-state index in [2.05, 4.69) is 30.2 Å². The van der Waals surface area contributed by atoms with E-state index in [1.54, 1.807) is 11.9 Å². The summed E-state index contributed by atoms with van der Waals surface area (Å²) in [5, 5.41) is 4.11. The van der Waals surface area contributed by atoms with Crippen LogP contribution in [0.3, 0.4) is 0 Å². The SMILES string of the molecule is Cc1[nH]c2ccc(CNC(=O)CN3C(=O)N(C)Cc4ccccc43)cc2c1C. The number of aromatic amines is 1. The number of aryl methyl sites for hydroxylation is 2. The molecule has 0 bridgehead atoms. The molecule has 0 atom stereocenters. The number of carbonyl (C=O) groups excluding carboxylic acids is 2. The minimum absolute atomic E-state index is 0.00468. The Balaban J connectivity index is 1.46. The molecule has 0 saturated carbocycles. The van der Waals surface area contributed by atoms with E-state index >= 15 is 0 Å². The fourth-order valence-corrected chi connectivity index (χ4v) is 3.71. The van der Waals surface area contributed by atoms with E-state index in [0.29, 0.717) is 13.1 Å². The zero-order valence-electron chi connectivity index (χ0n) is 16.4. The van der Waals surface area contributed by atoms with Gasteiger partial charge in [-0.2, -0.15) is 0 Å². The Morgan fingerprint density at radius 3 is 2.79 bits per heavy atom. The predicted molar refractivity (Wildman–Crippen MR) is 110 cm³/mol. The van der Waals surface area contributed by atoms with Gasteiger partial charge in [0.25, 0.3) is 0 Å². The number of fused-ring (bicyclic) bond motifs is 2. The molecule has 0 radical (unpaired) electrons. The van der Waals surface area contributed by atoms with Crippen LogP contribution in [0.5, 0.6) is 0 Å². The van der Waals surface area contributed by atoms with Gasteiger partial charge in [0.2, 0.25) is 5.91 Å². The number of hydrogen-bond acceptors (Lipinski definition) is 2. The highest BCUT2D eigenvalue weighted by Crippen LogP contribution is 2.27. The number of amides is 3. The lowest BCUT2D eigenvalue weighted by molar-refractivity contribution is -0.119. The lowest BCUT2D eigenvalue weighted by Crippen LogP contribution is -2.49. The van der Waals surface area contributed by atoms with E-state index in [1.165, 1.54) is 15.8 Å². The number of nitrogens with one attached hydrogen (secondary N) is 2. The molecule has 2 N–H and O–H groups in total. The lowest BCUT2D eigenvalue weighted by atomic mass is 10.1. The number of anilines is 1. The average molecular weight is 376 g/mol. The van der Waals surface area contributed by atoms with E-state index in [4.69, 9.17) is 0 Å². The zero-order chi connectivity index (χ0) is 19.8. The van der Waals surface area contributed by atoms with Gasteiger partial charge < -0.3 is 15.2 Å². The number of nitrogens with zero attached hydrogens (tertiary/aromatic N) is 2. The molecule has 2 aromatic carbocycles. The number of para-hydroxylation sites is 1. The van der Waals surface area contributed by atoms with E-state index in [1.807, 2.05) is 36.4 Å². The first-order chi connectivity index (χ1) is 13.4. The maximum Gasteiger partial charge on any atom is 0.325 e. The number of carbonyl (C=O) groups is 2. The lowest BCUT2D eigenvalue weighted by Gasteiger charge is -2.34. The Bertz CT molecular complexity index is 1070. The van der Waals surface area contributed by atoms with Gasteiger partial charge in [-0.1, -0.05) is 24.3 Å². The van der Waals surface area contributed by atoms with Gasteiger partial charge in [-0.25, -0.2) is 4.79 Å². The molecule has 0 aliphatic carbocycles. The van der Waals surface area contributed by atoms with Gasteiger partial charge in [0.1, 0.15) is 6.54 Å². The predicted octanol–water partition coefficient (Wildman–Crippen LogP) is 3.47. The first-order valence-corrected chi connectivity index (χ1v) is 9.39. The highest BCUT2D eigenvalue weighted by molar-refractivity contribution is 5.99. The molecule has 144 valence electrons. The molecule has 6 nitrogen and oxygen atoms in total. The van der Waals surface area contributed by atoms with Crippen molar-refractivity contribution in [2.45, 2.75) is 26.9 Å². The fourth-order valence-electron chi connectivity index (χ4n) is 3.71. The molecule has 3 amide bonds. The third-order valence-corrected chi connectivity index (χ3v) is 5.41. The number of urea groups is 1. The summed E-state index contributed by atoms with van der Waals surface area (Å²) in [4.78, 5) is 31.6. The fraction of sp³-hybridized carbons (Fsp3) is 0.273. The summed E-state index contributed by atoms with van der Waals surface area (Å²) in [6.07, 6.45) is 0.